The summed E-state index contributed by atoms with van der Waals surface area (Å²) >= 11 is 0. The third-order valence-electron chi connectivity index (χ3n) is 7.86. The molecule has 0 aromatic rings. The normalized spacial score (nSPS) is 35.3. The Hall–Kier alpha value is -0.0800. The molecule has 2 nitrogen and oxygen atoms in total. The van der Waals surface area contributed by atoms with Crippen molar-refractivity contribution in [2.45, 2.75) is 111 Å². The summed E-state index contributed by atoms with van der Waals surface area (Å²) in [4.78, 5) is 2.77. The first-order valence-electron chi connectivity index (χ1n) is 11.6. The lowest BCUT2D eigenvalue weighted by atomic mass is 9.59. The molecule has 1 saturated carbocycles. The molecular weight excluding hydrogens is 318 g/mol. The van der Waals surface area contributed by atoms with Gasteiger partial charge in [0, 0.05) is 12.6 Å². The van der Waals surface area contributed by atoms with Gasteiger partial charge in [-0.1, -0.05) is 66.7 Å². The van der Waals surface area contributed by atoms with E-state index in [0.29, 0.717) is 11.3 Å². The first-order valence-corrected chi connectivity index (χ1v) is 11.6. The second-order valence-corrected chi connectivity index (χ2v) is 10.7. The van der Waals surface area contributed by atoms with Gasteiger partial charge in [0.25, 0.3) is 0 Å². The van der Waals surface area contributed by atoms with Crippen LogP contribution in [-0.2, 0) is 0 Å². The highest BCUT2D eigenvalue weighted by atomic mass is 16.3. The average Bonchev–Trinajstić information content (AvgIpc) is 2.57. The summed E-state index contributed by atoms with van der Waals surface area (Å²) in [5.41, 5.74) is 0.426. The van der Waals surface area contributed by atoms with Gasteiger partial charge in [-0.3, -0.25) is 0 Å². The standard InChI is InChI=1S/C24H47NO/c1-18(2)9-7-10-19(3)11-8-12-20(4)25-16-14-22-21(5)23(26)13-15-24(22,6)17-25/h18-23,26H,7-17H2,1-6H3/t19?,20?,21-,22-,23-,24+/m0/s1. The molecule has 1 N–H and O–H groups in total. The number of hydrogen-bond donors (Lipinski definition) is 1. The molecule has 0 amide bonds. The van der Waals surface area contributed by atoms with Gasteiger partial charge in [0.1, 0.15) is 0 Å². The molecule has 2 aliphatic rings. The lowest BCUT2D eigenvalue weighted by Gasteiger charge is -2.54. The molecule has 2 unspecified atom stereocenters. The van der Waals surface area contributed by atoms with Crippen LogP contribution in [0.3, 0.4) is 0 Å². The molecule has 1 aliphatic carbocycles. The van der Waals surface area contributed by atoms with Crippen LogP contribution in [-0.4, -0.2) is 35.2 Å². The molecule has 6 atom stereocenters. The van der Waals surface area contributed by atoms with E-state index < -0.39 is 0 Å². The number of likely N-dealkylation sites (tertiary alicyclic amines) is 1. The number of aliphatic hydroxyl groups is 1. The van der Waals surface area contributed by atoms with Crippen molar-refractivity contribution in [2.24, 2.45) is 29.1 Å². The van der Waals surface area contributed by atoms with Crippen LogP contribution in [0.25, 0.3) is 0 Å². The summed E-state index contributed by atoms with van der Waals surface area (Å²) in [6.07, 6.45) is 11.8. The van der Waals surface area contributed by atoms with Gasteiger partial charge in [-0.15, -0.1) is 0 Å². The fraction of sp³-hybridized carbons (Fsp3) is 1.00. The fourth-order valence-electron chi connectivity index (χ4n) is 5.82. The van der Waals surface area contributed by atoms with Crippen LogP contribution in [0.15, 0.2) is 0 Å². The summed E-state index contributed by atoms with van der Waals surface area (Å²) < 4.78 is 0. The van der Waals surface area contributed by atoms with Crippen molar-refractivity contribution in [3.05, 3.63) is 0 Å². The van der Waals surface area contributed by atoms with E-state index in [2.05, 4.69) is 46.4 Å². The number of fused-ring (bicyclic) bond motifs is 1. The molecule has 1 aliphatic heterocycles. The number of rotatable bonds is 9. The van der Waals surface area contributed by atoms with Crippen LogP contribution in [0.1, 0.15) is 99.3 Å². The Morgan fingerprint density at radius 3 is 2.31 bits per heavy atom. The van der Waals surface area contributed by atoms with Crippen LogP contribution in [0.5, 0.6) is 0 Å². The van der Waals surface area contributed by atoms with Gasteiger partial charge in [-0.05, 0) is 68.2 Å². The monoisotopic (exact) mass is 365 g/mol. The molecule has 2 fully saturated rings. The van der Waals surface area contributed by atoms with Crippen molar-refractivity contribution < 1.29 is 5.11 Å². The van der Waals surface area contributed by atoms with E-state index in [1.807, 2.05) is 0 Å². The molecule has 0 spiro atoms. The maximum atomic E-state index is 10.3. The average molecular weight is 366 g/mol. The lowest BCUT2D eigenvalue weighted by Crippen LogP contribution is -2.55. The van der Waals surface area contributed by atoms with Gasteiger partial charge in [-0.25, -0.2) is 0 Å². The number of hydrogen-bond acceptors (Lipinski definition) is 2. The molecule has 26 heavy (non-hydrogen) atoms. The van der Waals surface area contributed by atoms with Crippen molar-refractivity contribution >= 4 is 0 Å². The SMILES string of the molecule is CC(C)CCCC(C)CCCC(C)N1CC[C@H]2[C@H](C)[C@@H](O)CC[C@]2(C)C1. The van der Waals surface area contributed by atoms with Gasteiger partial charge in [-0.2, -0.15) is 0 Å². The minimum absolute atomic E-state index is 0.0609. The van der Waals surface area contributed by atoms with Gasteiger partial charge in [0.2, 0.25) is 0 Å². The van der Waals surface area contributed by atoms with E-state index in [4.69, 9.17) is 0 Å². The summed E-state index contributed by atoms with van der Waals surface area (Å²) in [6.45, 7) is 16.8. The predicted octanol–water partition coefficient (Wildman–Crippen LogP) is 6.13. The van der Waals surface area contributed by atoms with E-state index in [9.17, 15) is 5.11 Å². The zero-order valence-electron chi connectivity index (χ0n) is 18.6. The number of piperidine rings is 1. The maximum absolute atomic E-state index is 10.3. The molecule has 0 aromatic heterocycles. The highest BCUT2D eigenvalue weighted by Crippen LogP contribution is 2.49. The Kier molecular flexibility index (Phi) is 8.47. The number of aliphatic hydroxyl groups excluding tert-OH is 1. The van der Waals surface area contributed by atoms with E-state index in [-0.39, 0.29) is 6.10 Å². The third-order valence-corrected chi connectivity index (χ3v) is 7.86. The summed E-state index contributed by atoms with van der Waals surface area (Å²) in [7, 11) is 0. The van der Waals surface area contributed by atoms with Gasteiger partial charge in [0.05, 0.1) is 6.10 Å². The number of nitrogens with zero attached hydrogens (tertiary/aromatic N) is 1. The summed E-state index contributed by atoms with van der Waals surface area (Å²) in [6, 6.07) is 0.720. The van der Waals surface area contributed by atoms with Gasteiger partial charge < -0.3 is 10.0 Å². The highest BCUT2D eigenvalue weighted by Gasteiger charge is 2.47. The smallest absolute Gasteiger partial charge is 0.0568 e. The van der Waals surface area contributed by atoms with Crippen LogP contribution in [0.4, 0.5) is 0 Å². The second kappa shape index (κ2) is 9.92. The minimum atomic E-state index is -0.0609. The topological polar surface area (TPSA) is 23.5 Å². The van der Waals surface area contributed by atoms with Crippen molar-refractivity contribution in [3.63, 3.8) is 0 Å². The summed E-state index contributed by atoms with van der Waals surface area (Å²) in [5.74, 6) is 2.95. The van der Waals surface area contributed by atoms with Crippen LogP contribution >= 0.6 is 0 Å². The third kappa shape index (κ3) is 5.96. The largest absolute Gasteiger partial charge is 0.393 e. The van der Waals surface area contributed by atoms with Crippen molar-refractivity contribution in [3.8, 4) is 0 Å². The molecule has 0 radical (unpaired) electrons. The Labute approximate surface area is 164 Å². The van der Waals surface area contributed by atoms with E-state index in [0.717, 1.165) is 30.2 Å². The van der Waals surface area contributed by atoms with Crippen LogP contribution < -0.4 is 0 Å². The molecule has 1 heterocycles. The summed E-state index contributed by atoms with van der Waals surface area (Å²) in [5, 5.41) is 10.3. The van der Waals surface area contributed by atoms with Crippen molar-refractivity contribution in [1.29, 1.82) is 0 Å². The molecule has 2 heteroatoms. The van der Waals surface area contributed by atoms with Gasteiger partial charge >= 0.3 is 0 Å². The Morgan fingerprint density at radius 1 is 1.00 bits per heavy atom. The maximum Gasteiger partial charge on any atom is 0.0568 e. The quantitative estimate of drug-likeness (QED) is 0.531. The highest BCUT2D eigenvalue weighted by molar-refractivity contribution is 4.98. The first kappa shape index (κ1) is 22.2. The van der Waals surface area contributed by atoms with E-state index in [1.54, 1.807) is 0 Å². The molecular formula is C24H47NO. The van der Waals surface area contributed by atoms with Crippen molar-refractivity contribution in [1.82, 2.24) is 4.90 Å². The molecule has 154 valence electrons. The Balaban J connectivity index is 1.71. The fourth-order valence-corrected chi connectivity index (χ4v) is 5.82. The zero-order chi connectivity index (χ0) is 19.3. The molecule has 0 aromatic carbocycles. The first-order chi connectivity index (χ1) is 12.2. The molecule has 2 rings (SSSR count). The molecule has 0 bridgehead atoms. The Bertz CT molecular complexity index is 409. The van der Waals surface area contributed by atoms with E-state index in [1.165, 1.54) is 64.5 Å². The lowest BCUT2D eigenvalue weighted by molar-refractivity contribution is -0.0842. The zero-order valence-corrected chi connectivity index (χ0v) is 18.6. The van der Waals surface area contributed by atoms with E-state index >= 15 is 0 Å². The van der Waals surface area contributed by atoms with Crippen LogP contribution in [0, 0.1) is 29.1 Å². The second-order valence-electron chi connectivity index (χ2n) is 10.7. The van der Waals surface area contributed by atoms with Crippen LogP contribution in [0.2, 0.25) is 0 Å². The minimum Gasteiger partial charge on any atom is -0.393 e. The molecule has 1 saturated heterocycles. The predicted molar refractivity (Wildman–Crippen MR) is 113 cm³/mol. The van der Waals surface area contributed by atoms with Gasteiger partial charge in [0.15, 0.2) is 0 Å². The van der Waals surface area contributed by atoms with Crippen molar-refractivity contribution in [2.75, 3.05) is 13.1 Å². The Morgan fingerprint density at radius 2 is 1.65 bits per heavy atom.